The molecule has 0 aliphatic carbocycles. The van der Waals surface area contributed by atoms with E-state index in [-0.39, 0.29) is 25.2 Å². The summed E-state index contributed by atoms with van der Waals surface area (Å²) in [5, 5.41) is 2.79. The number of carbonyl (C=O) groups excluding carboxylic acids is 2. The van der Waals surface area contributed by atoms with Gasteiger partial charge >= 0.3 is 5.97 Å². The minimum atomic E-state index is -0.588. The summed E-state index contributed by atoms with van der Waals surface area (Å²) in [7, 11) is 0. The fourth-order valence-corrected chi connectivity index (χ4v) is 2.52. The molecule has 0 aliphatic heterocycles. The van der Waals surface area contributed by atoms with E-state index in [0.717, 1.165) is 21.2 Å². The van der Waals surface area contributed by atoms with Crippen LogP contribution in [0.1, 0.15) is 29.7 Å². The van der Waals surface area contributed by atoms with E-state index >= 15 is 0 Å². The number of rotatable bonds is 7. The lowest BCUT2D eigenvalue weighted by molar-refractivity contribution is -0.150. The molecule has 2 aromatic carbocycles. The molecule has 1 atom stereocenters. The second kappa shape index (κ2) is 9.38. The molecule has 5 nitrogen and oxygen atoms in total. The van der Waals surface area contributed by atoms with E-state index in [4.69, 9.17) is 9.47 Å². The largest absolute Gasteiger partial charge is 0.482 e. The molecular weight excluding hydrogens is 398 g/mol. The molecule has 0 bridgehead atoms. The first-order valence-corrected chi connectivity index (χ1v) is 9.05. The van der Waals surface area contributed by atoms with Crippen LogP contribution in [0, 0.1) is 13.8 Å². The van der Waals surface area contributed by atoms with Gasteiger partial charge in [0.1, 0.15) is 5.75 Å². The summed E-state index contributed by atoms with van der Waals surface area (Å²) in [6.07, 6.45) is 0. The third-order valence-electron chi connectivity index (χ3n) is 3.95. The van der Waals surface area contributed by atoms with Crippen LogP contribution in [0.2, 0.25) is 0 Å². The Morgan fingerprint density at radius 2 is 1.73 bits per heavy atom. The van der Waals surface area contributed by atoms with Gasteiger partial charge in [-0.3, -0.25) is 4.79 Å². The Morgan fingerprint density at radius 1 is 1.04 bits per heavy atom. The maximum Gasteiger partial charge on any atom is 0.344 e. The number of hydrogen-bond donors (Lipinski definition) is 1. The highest BCUT2D eigenvalue weighted by Crippen LogP contribution is 2.17. The predicted molar refractivity (Wildman–Crippen MR) is 103 cm³/mol. The van der Waals surface area contributed by atoms with Crippen LogP contribution in [-0.2, 0) is 14.3 Å². The van der Waals surface area contributed by atoms with Gasteiger partial charge in [0.2, 0.25) is 0 Å². The van der Waals surface area contributed by atoms with Crippen molar-refractivity contribution in [3.8, 4) is 5.75 Å². The highest BCUT2D eigenvalue weighted by Gasteiger charge is 2.12. The highest BCUT2D eigenvalue weighted by atomic mass is 79.9. The molecule has 0 radical (unpaired) electrons. The highest BCUT2D eigenvalue weighted by molar-refractivity contribution is 9.10. The summed E-state index contributed by atoms with van der Waals surface area (Å²) < 4.78 is 11.3. The number of benzene rings is 2. The van der Waals surface area contributed by atoms with Gasteiger partial charge in [-0.05, 0) is 61.7 Å². The average molecular weight is 420 g/mol. The van der Waals surface area contributed by atoms with Crippen molar-refractivity contribution in [2.45, 2.75) is 26.8 Å². The summed E-state index contributed by atoms with van der Waals surface area (Å²) in [5.74, 6) is -0.354. The van der Waals surface area contributed by atoms with Crippen LogP contribution in [0.3, 0.4) is 0 Å². The second-order valence-electron chi connectivity index (χ2n) is 6.04. The molecule has 0 fully saturated rings. The molecule has 0 saturated carbocycles. The van der Waals surface area contributed by atoms with Gasteiger partial charge in [0.05, 0.1) is 6.04 Å². The fraction of sp³-hybridized carbons (Fsp3) is 0.300. The summed E-state index contributed by atoms with van der Waals surface area (Å²) in [5.41, 5.74) is 3.19. The monoisotopic (exact) mass is 419 g/mol. The standard InChI is InChI=1S/C20H22BrNO4/c1-13-4-9-18(10-14(13)2)25-12-20(24)26-11-19(23)22-15(3)16-5-7-17(21)8-6-16/h4-10,15H,11-12H2,1-3H3,(H,22,23)/t15-/m0/s1. The van der Waals surface area contributed by atoms with Gasteiger partial charge in [0.25, 0.3) is 5.91 Å². The lowest BCUT2D eigenvalue weighted by Crippen LogP contribution is -2.31. The molecule has 26 heavy (non-hydrogen) atoms. The fourth-order valence-electron chi connectivity index (χ4n) is 2.25. The molecule has 0 aliphatic rings. The molecule has 2 aromatic rings. The van der Waals surface area contributed by atoms with Gasteiger partial charge in [0.15, 0.2) is 13.2 Å². The van der Waals surface area contributed by atoms with Gasteiger partial charge < -0.3 is 14.8 Å². The van der Waals surface area contributed by atoms with Crippen molar-refractivity contribution in [3.63, 3.8) is 0 Å². The Bertz CT molecular complexity index is 774. The van der Waals surface area contributed by atoms with E-state index in [9.17, 15) is 9.59 Å². The molecule has 0 heterocycles. The van der Waals surface area contributed by atoms with Crippen LogP contribution >= 0.6 is 15.9 Å². The van der Waals surface area contributed by atoms with E-state index in [1.807, 2.05) is 57.2 Å². The number of nitrogens with one attached hydrogen (secondary N) is 1. The quantitative estimate of drug-likeness (QED) is 0.691. The summed E-state index contributed by atoms with van der Waals surface area (Å²) >= 11 is 3.37. The Kier molecular flexibility index (Phi) is 7.21. The van der Waals surface area contributed by atoms with Gasteiger partial charge in [-0.1, -0.05) is 34.1 Å². The summed E-state index contributed by atoms with van der Waals surface area (Å²) in [4.78, 5) is 23.6. The zero-order valence-corrected chi connectivity index (χ0v) is 16.6. The first-order valence-electron chi connectivity index (χ1n) is 8.25. The maximum atomic E-state index is 11.9. The Labute approximate surface area is 161 Å². The number of ether oxygens (including phenoxy) is 2. The first-order chi connectivity index (χ1) is 12.3. The molecule has 0 spiro atoms. The van der Waals surface area contributed by atoms with Crippen molar-refractivity contribution in [2.75, 3.05) is 13.2 Å². The Hall–Kier alpha value is -2.34. The van der Waals surface area contributed by atoms with Crippen LogP contribution in [-0.4, -0.2) is 25.1 Å². The van der Waals surface area contributed by atoms with Gasteiger partial charge in [-0.15, -0.1) is 0 Å². The lowest BCUT2D eigenvalue weighted by Gasteiger charge is -2.14. The van der Waals surface area contributed by atoms with Crippen LogP contribution in [0.25, 0.3) is 0 Å². The molecule has 0 unspecified atom stereocenters. The van der Waals surface area contributed by atoms with Crippen molar-refractivity contribution in [1.29, 1.82) is 0 Å². The van der Waals surface area contributed by atoms with Crippen LogP contribution in [0.5, 0.6) is 5.75 Å². The minimum absolute atomic E-state index is 0.180. The van der Waals surface area contributed by atoms with Crippen molar-refractivity contribution < 1.29 is 19.1 Å². The number of halogens is 1. The predicted octanol–water partition coefficient (Wildman–Crippen LogP) is 3.87. The van der Waals surface area contributed by atoms with Crippen molar-refractivity contribution in [1.82, 2.24) is 5.32 Å². The number of hydrogen-bond acceptors (Lipinski definition) is 4. The normalized spacial score (nSPS) is 11.5. The van der Waals surface area contributed by atoms with E-state index in [2.05, 4.69) is 21.2 Å². The first kappa shape index (κ1) is 20.0. The third-order valence-corrected chi connectivity index (χ3v) is 4.48. The van der Waals surface area contributed by atoms with Gasteiger partial charge in [-0.25, -0.2) is 4.79 Å². The SMILES string of the molecule is Cc1ccc(OCC(=O)OCC(=O)N[C@@H](C)c2ccc(Br)cc2)cc1C. The molecular formula is C20H22BrNO4. The van der Waals surface area contributed by atoms with Crippen molar-refractivity contribution in [2.24, 2.45) is 0 Å². The smallest absolute Gasteiger partial charge is 0.344 e. The van der Waals surface area contributed by atoms with E-state index in [1.54, 1.807) is 6.07 Å². The number of amides is 1. The van der Waals surface area contributed by atoms with E-state index < -0.39 is 5.97 Å². The van der Waals surface area contributed by atoms with Crippen LogP contribution in [0.4, 0.5) is 0 Å². The lowest BCUT2D eigenvalue weighted by atomic mass is 10.1. The minimum Gasteiger partial charge on any atom is -0.482 e. The average Bonchev–Trinajstić information content (AvgIpc) is 2.61. The number of esters is 1. The topological polar surface area (TPSA) is 64.6 Å². The Balaban J connectivity index is 1.73. The van der Waals surface area contributed by atoms with E-state index in [0.29, 0.717) is 5.75 Å². The molecule has 6 heteroatoms. The molecule has 2 rings (SSSR count). The van der Waals surface area contributed by atoms with Crippen molar-refractivity contribution in [3.05, 3.63) is 63.6 Å². The van der Waals surface area contributed by atoms with Crippen molar-refractivity contribution >= 4 is 27.8 Å². The molecule has 0 aromatic heterocycles. The molecule has 138 valence electrons. The maximum absolute atomic E-state index is 11.9. The zero-order chi connectivity index (χ0) is 19.1. The summed E-state index contributed by atoms with van der Waals surface area (Å²) in [6, 6.07) is 13.0. The molecule has 1 amide bonds. The number of aryl methyl sites for hydroxylation is 2. The van der Waals surface area contributed by atoms with Crippen LogP contribution < -0.4 is 10.1 Å². The Morgan fingerprint density at radius 3 is 2.38 bits per heavy atom. The number of carbonyl (C=O) groups is 2. The summed E-state index contributed by atoms with van der Waals surface area (Å²) in [6.45, 7) is 5.26. The molecule has 1 N–H and O–H groups in total. The van der Waals surface area contributed by atoms with Gasteiger partial charge in [-0.2, -0.15) is 0 Å². The van der Waals surface area contributed by atoms with Gasteiger partial charge in [0, 0.05) is 4.47 Å². The second-order valence-corrected chi connectivity index (χ2v) is 6.95. The zero-order valence-electron chi connectivity index (χ0n) is 15.0. The third kappa shape index (κ3) is 6.19. The molecule has 0 saturated heterocycles. The van der Waals surface area contributed by atoms with E-state index in [1.165, 1.54) is 0 Å². The van der Waals surface area contributed by atoms with Crippen LogP contribution in [0.15, 0.2) is 46.9 Å².